The minimum absolute atomic E-state index is 0.368. The Morgan fingerprint density at radius 1 is 1.44 bits per heavy atom. The van der Waals surface area contributed by atoms with Crippen LogP contribution in [0.5, 0.6) is 0 Å². The van der Waals surface area contributed by atoms with Gasteiger partial charge in [-0.1, -0.05) is 6.58 Å². The zero-order valence-electron chi connectivity index (χ0n) is 9.80. The molecule has 0 N–H and O–H groups in total. The fourth-order valence-corrected chi connectivity index (χ4v) is 0.316. The number of hydrogen-bond acceptors (Lipinski definition) is 6. The highest BCUT2D eigenvalue weighted by molar-refractivity contribution is 7.80. The Kier molecular flexibility index (Phi) is 7.99. The molecule has 7 nitrogen and oxygen atoms in total. The Balaban J connectivity index is 0. The van der Waals surface area contributed by atoms with E-state index < -0.39 is 10.4 Å². The molecule has 0 aromatic rings. The number of nitrogens with zero attached hydrogens (tertiary/aromatic N) is 1. The van der Waals surface area contributed by atoms with E-state index in [2.05, 4.69) is 10.8 Å². The van der Waals surface area contributed by atoms with Gasteiger partial charge in [-0.15, -0.1) is 0 Å². The summed E-state index contributed by atoms with van der Waals surface area (Å²) in [5.74, 6) is -0.368. The number of rotatable bonds is 4. The molecule has 0 aliphatic heterocycles. The maximum absolute atomic E-state index is 10.5. The van der Waals surface area contributed by atoms with Crippen molar-refractivity contribution in [1.82, 2.24) is 0 Å². The van der Waals surface area contributed by atoms with E-state index in [4.69, 9.17) is 4.74 Å². The smallest absolute Gasteiger partial charge is 0.334 e. The summed E-state index contributed by atoms with van der Waals surface area (Å²) in [6.45, 7) is 3.66. The fourth-order valence-electron chi connectivity index (χ4n) is 0.316. The lowest BCUT2D eigenvalue weighted by Crippen LogP contribution is -2.37. The third kappa shape index (κ3) is 18.8. The Bertz CT molecular complexity index is 316. The summed E-state index contributed by atoms with van der Waals surface area (Å²) in [6.07, 6.45) is 1.16. The molecule has 0 rings (SSSR count). The van der Waals surface area contributed by atoms with Crippen LogP contribution in [0.1, 0.15) is 0 Å². The predicted octanol–water partition coefficient (Wildman–Crippen LogP) is -0.528. The topological polar surface area (TPSA) is 92.7 Å². The van der Waals surface area contributed by atoms with Crippen LogP contribution >= 0.6 is 0 Å². The van der Waals surface area contributed by atoms with E-state index in [0.717, 1.165) is 13.2 Å². The molecule has 0 amide bonds. The Labute approximate surface area is 95.8 Å². The molecule has 0 aromatic heterocycles. The molecule has 0 fully saturated rings. The summed E-state index contributed by atoms with van der Waals surface area (Å²) in [7, 11) is 2.22. The molecule has 16 heavy (non-hydrogen) atoms. The average molecular weight is 255 g/mol. The molecule has 0 radical (unpaired) electrons. The van der Waals surface area contributed by atoms with E-state index in [9.17, 15) is 17.8 Å². The van der Waals surface area contributed by atoms with Crippen molar-refractivity contribution in [3.05, 3.63) is 12.7 Å². The lowest BCUT2D eigenvalue weighted by Gasteiger charge is -2.22. The number of hydrogen-bond donors (Lipinski definition) is 0. The number of esters is 1. The van der Waals surface area contributed by atoms with E-state index in [0.29, 0.717) is 11.2 Å². The highest BCUT2D eigenvalue weighted by atomic mass is 32.3. The van der Waals surface area contributed by atoms with Crippen LogP contribution in [0.25, 0.3) is 0 Å². The molecule has 0 bridgehead atoms. The molecule has 0 spiro atoms. The maximum atomic E-state index is 10.5. The molecule has 96 valence electrons. The molecular formula is C8H17NO6S. The van der Waals surface area contributed by atoms with Gasteiger partial charge in [-0.2, -0.15) is 0 Å². The second-order valence-corrected chi connectivity index (χ2v) is 4.81. The fraction of sp³-hybridized carbons (Fsp3) is 0.625. The van der Waals surface area contributed by atoms with Crippen molar-refractivity contribution in [1.29, 1.82) is 0 Å². The van der Waals surface area contributed by atoms with Crippen LogP contribution in [0, 0.1) is 0 Å². The summed E-state index contributed by atoms with van der Waals surface area (Å²) < 4.78 is 36.4. The standard InChI is InChI=1S/C7H14NO2.CH4O4S/c1-5-7(9)10-6-8(2,3)4;1-5-6(2,3)4/h5H,1,6H2,2-4H3;1H3,(H,2,3,4)/q+1;/p-1. The van der Waals surface area contributed by atoms with Crippen LogP contribution in [0.15, 0.2) is 12.7 Å². The van der Waals surface area contributed by atoms with Crippen LogP contribution < -0.4 is 0 Å². The highest BCUT2D eigenvalue weighted by Crippen LogP contribution is 1.90. The number of ether oxygens (including phenoxy) is 1. The van der Waals surface area contributed by atoms with Gasteiger partial charge in [0.15, 0.2) is 0 Å². The van der Waals surface area contributed by atoms with Gasteiger partial charge in [0, 0.05) is 6.08 Å². The average Bonchev–Trinajstić information content (AvgIpc) is 2.13. The maximum Gasteiger partial charge on any atom is 0.334 e. The Morgan fingerprint density at radius 2 is 1.81 bits per heavy atom. The first-order valence-corrected chi connectivity index (χ1v) is 5.46. The van der Waals surface area contributed by atoms with Gasteiger partial charge in [0.2, 0.25) is 17.1 Å². The Morgan fingerprint density at radius 3 is 2.00 bits per heavy atom. The van der Waals surface area contributed by atoms with Gasteiger partial charge >= 0.3 is 5.97 Å². The molecule has 0 saturated heterocycles. The van der Waals surface area contributed by atoms with Crippen molar-refractivity contribution >= 4 is 16.4 Å². The lowest BCUT2D eigenvalue weighted by atomic mass is 10.6. The molecule has 0 saturated carbocycles. The summed E-state index contributed by atoms with van der Waals surface area (Å²) in [6, 6.07) is 0. The van der Waals surface area contributed by atoms with Crippen molar-refractivity contribution in [3.63, 3.8) is 0 Å². The minimum Gasteiger partial charge on any atom is -0.726 e. The molecule has 0 aliphatic rings. The van der Waals surface area contributed by atoms with E-state index in [-0.39, 0.29) is 5.97 Å². The van der Waals surface area contributed by atoms with Gasteiger partial charge in [-0.05, 0) is 0 Å². The van der Waals surface area contributed by atoms with Gasteiger partial charge in [0.1, 0.15) is 0 Å². The van der Waals surface area contributed by atoms with Crippen molar-refractivity contribution in [2.24, 2.45) is 0 Å². The van der Waals surface area contributed by atoms with Crippen molar-refractivity contribution in [2.45, 2.75) is 0 Å². The van der Waals surface area contributed by atoms with Gasteiger partial charge in [0.05, 0.1) is 28.3 Å². The van der Waals surface area contributed by atoms with E-state index in [1.807, 2.05) is 21.1 Å². The Hall–Kier alpha value is -0.960. The van der Waals surface area contributed by atoms with Crippen LogP contribution in [0.3, 0.4) is 0 Å². The lowest BCUT2D eigenvalue weighted by molar-refractivity contribution is -0.888. The summed E-state index contributed by atoms with van der Waals surface area (Å²) in [4.78, 5) is 10.5. The largest absolute Gasteiger partial charge is 0.726 e. The summed E-state index contributed by atoms with van der Waals surface area (Å²) in [5.41, 5.74) is 0. The van der Waals surface area contributed by atoms with Crippen molar-refractivity contribution in [2.75, 3.05) is 35.0 Å². The molecule has 0 aliphatic carbocycles. The first kappa shape index (κ1) is 17.4. The first-order valence-electron chi connectivity index (χ1n) is 4.13. The van der Waals surface area contributed by atoms with Crippen LogP contribution in [-0.4, -0.2) is 58.4 Å². The van der Waals surface area contributed by atoms with Gasteiger partial charge in [0.25, 0.3) is 0 Å². The predicted molar refractivity (Wildman–Crippen MR) is 55.9 cm³/mol. The minimum atomic E-state index is -4.41. The molecule has 0 unspecified atom stereocenters. The van der Waals surface area contributed by atoms with Crippen LogP contribution in [0.4, 0.5) is 0 Å². The monoisotopic (exact) mass is 255 g/mol. The third-order valence-corrected chi connectivity index (χ3v) is 1.37. The molecular weight excluding hydrogens is 238 g/mol. The van der Waals surface area contributed by atoms with E-state index in [1.54, 1.807) is 0 Å². The van der Waals surface area contributed by atoms with Gasteiger partial charge in [-0.3, -0.25) is 8.67 Å². The van der Waals surface area contributed by atoms with Gasteiger partial charge < -0.3 is 9.29 Å². The zero-order valence-corrected chi connectivity index (χ0v) is 10.6. The second-order valence-electron chi connectivity index (χ2n) is 3.66. The van der Waals surface area contributed by atoms with Crippen LogP contribution in [-0.2, 0) is 24.1 Å². The van der Waals surface area contributed by atoms with Gasteiger partial charge in [-0.25, -0.2) is 13.2 Å². The molecule has 0 aromatic carbocycles. The normalized spacial score (nSPS) is 11.1. The van der Waals surface area contributed by atoms with Crippen LogP contribution in [0.2, 0.25) is 0 Å². The zero-order chi connectivity index (χ0) is 13.4. The van der Waals surface area contributed by atoms with E-state index in [1.165, 1.54) is 0 Å². The SMILES string of the molecule is C=CC(=O)OC[N+](C)(C)C.COS(=O)(=O)[O-]. The molecule has 8 heteroatoms. The number of carbonyl (C=O) groups excluding carboxylic acids is 1. The quantitative estimate of drug-likeness (QED) is 0.167. The van der Waals surface area contributed by atoms with Crippen molar-refractivity contribution in [3.8, 4) is 0 Å². The number of carbonyl (C=O) groups is 1. The second kappa shape index (κ2) is 7.34. The van der Waals surface area contributed by atoms with Crippen molar-refractivity contribution < 1.29 is 31.2 Å². The third-order valence-electron chi connectivity index (χ3n) is 0.965. The molecule has 0 heterocycles. The number of quaternary nitrogens is 1. The van der Waals surface area contributed by atoms with E-state index >= 15 is 0 Å². The first-order chi connectivity index (χ1) is 7.02. The summed E-state index contributed by atoms with van der Waals surface area (Å²) >= 11 is 0. The highest BCUT2D eigenvalue weighted by Gasteiger charge is 2.07. The molecule has 0 atom stereocenters. The summed E-state index contributed by atoms with van der Waals surface area (Å²) in [5, 5.41) is 0.